The zero-order valence-electron chi connectivity index (χ0n) is 15.5. The summed E-state index contributed by atoms with van der Waals surface area (Å²) in [4.78, 5) is 17.2. The van der Waals surface area contributed by atoms with Gasteiger partial charge in [0.15, 0.2) is 0 Å². The van der Waals surface area contributed by atoms with Crippen LogP contribution in [0.2, 0.25) is 10.0 Å². The van der Waals surface area contributed by atoms with Crippen LogP contribution in [0.3, 0.4) is 0 Å². The van der Waals surface area contributed by atoms with Crippen molar-refractivity contribution < 1.29 is 9.53 Å². The van der Waals surface area contributed by atoms with E-state index in [9.17, 15) is 4.79 Å². The van der Waals surface area contributed by atoms with Gasteiger partial charge in [0.05, 0.1) is 10.7 Å². The fourth-order valence-electron chi connectivity index (χ4n) is 2.98. The molecule has 4 rings (SSSR count). The maximum absolute atomic E-state index is 12.8. The molecule has 29 heavy (non-hydrogen) atoms. The lowest BCUT2D eigenvalue weighted by Crippen LogP contribution is -2.15. The average molecular weight is 426 g/mol. The molecule has 0 unspecified atom stereocenters. The van der Waals surface area contributed by atoms with E-state index in [2.05, 4.69) is 10.3 Å². The minimum atomic E-state index is -0.257. The lowest BCUT2D eigenvalue weighted by Gasteiger charge is -2.09. The van der Waals surface area contributed by atoms with E-state index < -0.39 is 0 Å². The number of aryl methyl sites for hydroxylation is 1. The molecule has 0 aliphatic carbocycles. The summed E-state index contributed by atoms with van der Waals surface area (Å²) in [5.41, 5.74) is 3.43. The van der Waals surface area contributed by atoms with Crippen molar-refractivity contribution in [2.45, 2.75) is 13.5 Å². The first-order valence-electron chi connectivity index (χ1n) is 8.92. The van der Waals surface area contributed by atoms with Crippen LogP contribution in [0.25, 0.3) is 5.65 Å². The molecule has 0 bridgehead atoms. The van der Waals surface area contributed by atoms with Crippen LogP contribution in [0.5, 0.6) is 5.75 Å². The van der Waals surface area contributed by atoms with E-state index in [1.165, 1.54) is 0 Å². The topological polar surface area (TPSA) is 55.6 Å². The van der Waals surface area contributed by atoms with Gasteiger partial charge in [-0.05, 0) is 61.0 Å². The largest absolute Gasteiger partial charge is 0.489 e. The Morgan fingerprint density at radius 1 is 1.00 bits per heavy atom. The first-order chi connectivity index (χ1) is 14.0. The highest BCUT2D eigenvalue weighted by Crippen LogP contribution is 2.20. The number of amides is 1. The number of ether oxygens (including phenoxy) is 1. The van der Waals surface area contributed by atoms with E-state index in [1.54, 1.807) is 41.8 Å². The molecule has 1 N–H and O–H groups in total. The fraction of sp³-hybridized carbons (Fsp3) is 0.0909. The lowest BCUT2D eigenvalue weighted by molar-refractivity contribution is 0.102. The van der Waals surface area contributed by atoms with Gasteiger partial charge < -0.3 is 10.1 Å². The van der Waals surface area contributed by atoms with E-state index in [0.29, 0.717) is 45.1 Å². The Kier molecular flexibility index (Phi) is 5.43. The highest BCUT2D eigenvalue weighted by molar-refractivity contribution is 6.30. The zero-order chi connectivity index (χ0) is 20.4. The van der Waals surface area contributed by atoms with Gasteiger partial charge in [0.2, 0.25) is 0 Å². The van der Waals surface area contributed by atoms with Crippen LogP contribution in [0.4, 0.5) is 5.69 Å². The fourth-order valence-corrected chi connectivity index (χ4v) is 3.27. The molecule has 2 aromatic carbocycles. The smallest absolute Gasteiger partial charge is 0.274 e. The summed E-state index contributed by atoms with van der Waals surface area (Å²) in [6.45, 7) is 2.23. The first kappa shape index (κ1) is 19.3. The third-order valence-corrected chi connectivity index (χ3v) is 4.88. The van der Waals surface area contributed by atoms with E-state index in [-0.39, 0.29) is 5.91 Å². The van der Waals surface area contributed by atoms with Crippen LogP contribution in [-0.2, 0) is 6.61 Å². The van der Waals surface area contributed by atoms with E-state index in [0.717, 1.165) is 5.56 Å². The molecule has 7 heteroatoms. The number of nitrogens with zero attached hydrogens (tertiary/aromatic N) is 2. The first-order valence-corrected chi connectivity index (χ1v) is 9.68. The number of fused-ring (bicyclic) bond motifs is 1. The highest BCUT2D eigenvalue weighted by Gasteiger charge is 2.17. The Labute approximate surface area is 177 Å². The van der Waals surface area contributed by atoms with Crippen LogP contribution in [0, 0.1) is 6.92 Å². The number of benzene rings is 2. The molecule has 0 saturated carbocycles. The van der Waals surface area contributed by atoms with E-state index in [4.69, 9.17) is 27.9 Å². The minimum Gasteiger partial charge on any atom is -0.489 e. The van der Waals surface area contributed by atoms with Crippen LogP contribution < -0.4 is 10.1 Å². The number of carbonyl (C=O) groups excluding carboxylic acids is 1. The van der Waals surface area contributed by atoms with E-state index in [1.807, 2.05) is 36.4 Å². The molecule has 0 fully saturated rings. The van der Waals surface area contributed by atoms with Crippen molar-refractivity contribution >= 4 is 40.4 Å². The van der Waals surface area contributed by atoms with Gasteiger partial charge >= 0.3 is 0 Å². The molecule has 0 aliphatic heterocycles. The molecule has 0 spiro atoms. The quantitative estimate of drug-likeness (QED) is 0.440. The van der Waals surface area contributed by atoms with Crippen LogP contribution in [-0.4, -0.2) is 15.3 Å². The summed E-state index contributed by atoms with van der Waals surface area (Å²) in [5, 5.41) is 4.12. The maximum atomic E-state index is 12.8. The summed E-state index contributed by atoms with van der Waals surface area (Å²) in [6, 6.07) is 18.2. The van der Waals surface area contributed by atoms with Crippen molar-refractivity contribution in [2.75, 3.05) is 5.32 Å². The molecule has 4 aromatic rings. The highest BCUT2D eigenvalue weighted by atomic mass is 35.5. The number of pyridine rings is 1. The second-order valence-electron chi connectivity index (χ2n) is 6.51. The van der Waals surface area contributed by atoms with Gasteiger partial charge in [-0.25, -0.2) is 4.98 Å². The number of hydrogen-bond donors (Lipinski definition) is 1. The molecule has 0 atom stereocenters. The van der Waals surface area contributed by atoms with Crippen molar-refractivity contribution in [3.63, 3.8) is 0 Å². The second-order valence-corrected chi connectivity index (χ2v) is 7.39. The summed E-state index contributed by atoms with van der Waals surface area (Å²) >= 11 is 12.0. The summed E-state index contributed by atoms with van der Waals surface area (Å²) < 4.78 is 7.46. The van der Waals surface area contributed by atoms with Crippen molar-refractivity contribution in [3.05, 3.63) is 93.9 Å². The second kappa shape index (κ2) is 8.15. The number of rotatable bonds is 5. The normalized spacial score (nSPS) is 10.9. The van der Waals surface area contributed by atoms with Crippen LogP contribution in [0.15, 0.2) is 66.9 Å². The molecular formula is C22H17Cl2N3O2. The maximum Gasteiger partial charge on any atom is 0.274 e. The summed E-state index contributed by atoms with van der Waals surface area (Å²) in [5.74, 6) is 0.447. The van der Waals surface area contributed by atoms with Crippen molar-refractivity contribution in [1.82, 2.24) is 9.38 Å². The summed E-state index contributed by atoms with van der Waals surface area (Å²) in [6.07, 6.45) is 1.68. The van der Waals surface area contributed by atoms with E-state index >= 15 is 0 Å². The number of carbonyl (C=O) groups is 1. The SMILES string of the molecule is Cc1nc2ccc(Cl)cn2c1C(=O)Nc1ccc(OCc2ccc(Cl)cc2)cc1. The number of aromatic nitrogens is 2. The average Bonchev–Trinajstić information content (AvgIpc) is 3.03. The predicted molar refractivity (Wildman–Crippen MR) is 115 cm³/mol. The van der Waals surface area contributed by atoms with Gasteiger partial charge in [0, 0.05) is 16.9 Å². The molecule has 0 aliphatic rings. The molecule has 1 amide bonds. The van der Waals surface area contributed by atoms with Gasteiger partial charge in [-0.1, -0.05) is 35.3 Å². The van der Waals surface area contributed by atoms with Gasteiger partial charge in [0.1, 0.15) is 23.7 Å². The van der Waals surface area contributed by atoms with Crippen LogP contribution >= 0.6 is 23.2 Å². The Morgan fingerprint density at radius 2 is 1.69 bits per heavy atom. The number of nitrogens with one attached hydrogen (secondary N) is 1. The van der Waals surface area contributed by atoms with Crippen molar-refractivity contribution in [2.24, 2.45) is 0 Å². The van der Waals surface area contributed by atoms with Gasteiger partial charge in [-0.15, -0.1) is 0 Å². The van der Waals surface area contributed by atoms with Crippen molar-refractivity contribution in [1.29, 1.82) is 0 Å². The molecule has 0 saturated heterocycles. The van der Waals surface area contributed by atoms with Gasteiger partial charge in [-0.2, -0.15) is 0 Å². The Morgan fingerprint density at radius 3 is 2.41 bits per heavy atom. The number of imidazole rings is 1. The van der Waals surface area contributed by atoms with Gasteiger partial charge in [-0.3, -0.25) is 9.20 Å². The zero-order valence-corrected chi connectivity index (χ0v) is 17.0. The monoisotopic (exact) mass is 425 g/mol. The molecule has 0 radical (unpaired) electrons. The molecule has 5 nitrogen and oxygen atoms in total. The minimum absolute atomic E-state index is 0.257. The van der Waals surface area contributed by atoms with Crippen molar-refractivity contribution in [3.8, 4) is 5.75 Å². The van der Waals surface area contributed by atoms with Gasteiger partial charge in [0.25, 0.3) is 5.91 Å². The molecule has 2 heterocycles. The molecule has 146 valence electrons. The number of halogens is 2. The number of hydrogen-bond acceptors (Lipinski definition) is 3. The predicted octanol–water partition coefficient (Wildman–Crippen LogP) is 5.78. The third kappa shape index (κ3) is 4.36. The third-order valence-electron chi connectivity index (χ3n) is 4.40. The standard InChI is InChI=1S/C22H17Cl2N3O2/c1-14-21(27-12-17(24)6-11-20(27)25-14)22(28)26-18-7-9-19(10-8-18)29-13-15-2-4-16(23)5-3-15/h2-12H,13H2,1H3,(H,26,28). The lowest BCUT2D eigenvalue weighted by atomic mass is 10.2. The summed E-state index contributed by atoms with van der Waals surface area (Å²) in [7, 11) is 0. The van der Waals surface area contributed by atoms with Crippen LogP contribution in [0.1, 0.15) is 21.7 Å². The Bertz CT molecular complexity index is 1170. The number of anilines is 1. The molecular weight excluding hydrogens is 409 g/mol. The molecule has 2 aromatic heterocycles. The Balaban J connectivity index is 1.45. The Hall–Kier alpha value is -3.02.